The normalized spacial score (nSPS) is 16.3. The monoisotopic (exact) mass is 329 g/mol. The van der Waals surface area contributed by atoms with Crippen LogP contribution in [0.5, 0.6) is 5.75 Å². The van der Waals surface area contributed by atoms with Crippen LogP contribution in [0, 0.1) is 11.6 Å². The number of rotatable bonds is 3. The van der Waals surface area contributed by atoms with Crippen molar-refractivity contribution in [3.63, 3.8) is 0 Å². The summed E-state index contributed by atoms with van der Waals surface area (Å²) in [4.78, 5) is 16.6. The lowest BCUT2D eigenvalue weighted by Gasteiger charge is -2.10. The lowest BCUT2D eigenvalue weighted by Crippen LogP contribution is -2.23. The van der Waals surface area contributed by atoms with E-state index in [1.807, 2.05) is 0 Å². The molecule has 3 aromatic rings. The lowest BCUT2D eigenvalue weighted by atomic mass is 10.1. The van der Waals surface area contributed by atoms with Gasteiger partial charge in [-0.3, -0.25) is 0 Å². The zero-order chi connectivity index (χ0) is 16.8. The van der Waals surface area contributed by atoms with E-state index in [-0.39, 0.29) is 6.42 Å². The van der Waals surface area contributed by atoms with E-state index in [1.54, 1.807) is 12.1 Å². The van der Waals surface area contributed by atoms with Crippen LogP contribution in [-0.4, -0.2) is 22.7 Å². The van der Waals surface area contributed by atoms with Crippen LogP contribution in [0.15, 0.2) is 36.4 Å². The van der Waals surface area contributed by atoms with Crippen molar-refractivity contribution in [3.8, 4) is 5.75 Å². The molecule has 1 aliphatic heterocycles. The molecule has 0 spiro atoms. The van der Waals surface area contributed by atoms with Crippen molar-refractivity contribution in [2.24, 2.45) is 0 Å². The van der Waals surface area contributed by atoms with Crippen LogP contribution in [0.3, 0.4) is 0 Å². The number of ether oxygens (including phenoxy) is 1. The predicted molar refractivity (Wildman–Crippen MR) is 83.0 cm³/mol. The van der Waals surface area contributed by atoms with Crippen LogP contribution >= 0.6 is 0 Å². The first-order valence-electron chi connectivity index (χ1n) is 7.38. The highest BCUT2D eigenvalue weighted by Crippen LogP contribution is 2.29. The topological polar surface area (TPSA) is 56.1 Å². The average molecular weight is 329 g/mol. The Kier molecular flexibility index (Phi) is 3.23. The molecule has 0 aliphatic carbocycles. The van der Waals surface area contributed by atoms with Crippen LogP contribution in [-0.2, 0) is 6.42 Å². The Morgan fingerprint density at radius 3 is 2.83 bits per heavy atom. The first-order valence-corrected chi connectivity index (χ1v) is 7.38. The van der Waals surface area contributed by atoms with Gasteiger partial charge < -0.3 is 10.1 Å². The Bertz CT molecular complexity index is 968. The van der Waals surface area contributed by atoms with E-state index in [1.165, 1.54) is 35.9 Å². The minimum absolute atomic E-state index is 0.243. The molecule has 1 aliphatic rings. The van der Waals surface area contributed by atoms with Gasteiger partial charge in [0.25, 0.3) is 0 Å². The Morgan fingerprint density at radius 1 is 1.25 bits per heavy atom. The molecule has 2 heterocycles. The van der Waals surface area contributed by atoms with Gasteiger partial charge in [-0.2, -0.15) is 0 Å². The summed E-state index contributed by atoms with van der Waals surface area (Å²) in [5.74, 6) is 0.0251. The number of nitrogens with zero attached hydrogens (tertiary/aromatic N) is 2. The molecule has 1 amide bonds. The Labute approximate surface area is 135 Å². The third-order valence-electron chi connectivity index (χ3n) is 4.14. The molecule has 1 N–H and O–H groups in total. The van der Waals surface area contributed by atoms with Gasteiger partial charge in [0.1, 0.15) is 23.2 Å². The van der Waals surface area contributed by atoms with Gasteiger partial charge >= 0.3 is 6.03 Å². The summed E-state index contributed by atoms with van der Waals surface area (Å²) >= 11 is 0. The molecule has 0 saturated heterocycles. The maximum atomic E-state index is 14.2. The number of aromatic nitrogens is 2. The summed E-state index contributed by atoms with van der Waals surface area (Å²) in [6, 6.07) is 7.79. The molecule has 1 aromatic heterocycles. The van der Waals surface area contributed by atoms with E-state index >= 15 is 0 Å². The smallest absolute Gasteiger partial charge is 0.328 e. The molecule has 0 bridgehead atoms. The zero-order valence-corrected chi connectivity index (χ0v) is 12.7. The molecule has 0 saturated carbocycles. The molecule has 24 heavy (non-hydrogen) atoms. The number of carbonyl (C=O) groups excluding carboxylic acids is 1. The highest BCUT2D eigenvalue weighted by molar-refractivity contribution is 5.92. The summed E-state index contributed by atoms with van der Waals surface area (Å²) < 4.78 is 33.9. The number of nitrogens with one attached hydrogen (secondary N) is 1. The van der Waals surface area contributed by atoms with E-state index < -0.39 is 23.7 Å². The maximum Gasteiger partial charge on any atom is 0.328 e. The van der Waals surface area contributed by atoms with E-state index in [0.717, 1.165) is 0 Å². The largest absolute Gasteiger partial charge is 0.497 e. The quantitative estimate of drug-likeness (QED) is 0.803. The van der Waals surface area contributed by atoms with Crippen molar-refractivity contribution in [2.45, 2.75) is 12.5 Å². The van der Waals surface area contributed by atoms with E-state index in [2.05, 4.69) is 10.3 Å². The second kappa shape index (κ2) is 5.30. The van der Waals surface area contributed by atoms with Crippen molar-refractivity contribution >= 4 is 17.1 Å². The summed E-state index contributed by atoms with van der Waals surface area (Å²) in [7, 11) is 1.47. The molecule has 1 atom stereocenters. The van der Waals surface area contributed by atoms with Gasteiger partial charge in [0, 0.05) is 18.6 Å². The van der Waals surface area contributed by atoms with Gasteiger partial charge in [-0.05, 0) is 23.8 Å². The number of imidazole rings is 1. The fourth-order valence-corrected chi connectivity index (χ4v) is 2.98. The molecular weight excluding hydrogens is 316 g/mol. The number of amides is 1. The molecule has 5 nitrogen and oxygen atoms in total. The number of carbonyl (C=O) groups is 1. The molecule has 0 radical (unpaired) electrons. The second-order valence-electron chi connectivity index (χ2n) is 5.60. The molecule has 2 aromatic carbocycles. The fraction of sp³-hybridized carbons (Fsp3) is 0.176. The van der Waals surface area contributed by atoms with Crippen LogP contribution < -0.4 is 10.1 Å². The first kappa shape index (κ1) is 14.6. The molecule has 122 valence electrons. The minimum Gasteiger partial charge on any atom is -0.497 e. The van der Waals surface area contributed by atoms with Crippen molar-refractivity contribution in [3.05, 3.63) is 59.4 Å². The van der Waals surface area contributed by atoms with Crippen LogP contribution in [0.2, 0.25) is 0 Å². The maximum absolute atomic E-state index is 14.2. The van der Waals surface area contributed by atoms with Crippen LogP contribution in [0.4, 0.5) is 13.6 Å². The molecule has 4 rings (SSSR count). The number of halogens is 2. The summed E-state index contributed by atoms with van der Waals surface area (Å²) in [5, 5.41) is 2.76. The minimum atomic E-state index is -0.476. The van der Waals surface area contributed by atoms with Crippen LogP contribution in [0.25, 0.3) is 11.0 Å². The number of methoxy groups -OCH3 is 1. The van der Waals surface area contributed by atoms with Gasteiger partial charge in [-0.15, -0.1) is 0 Å². The summed E-state index contributed by atoms with van der Waals surface area (Å²) in [5.41, 5.74) is 1.37. The second-order valence-corrected chi connectivity index (χ2v) is 5.60. The molecule has 7 heteroatoms. The first-order chi connectivity index (χ1) is 11.6. The lowest BCUT2D eigenvalue weighted by molar-refractivity contribution is 0.245. The van der Waals surface area contributed by atoms with Gasteiger partial charge in [0.05, 0.1) is 24.2 Å². The number of hydrogen-bond donors (Lipinski definition) is 1. The molecule has 0 fully saturated rings. The Hall–Kier alpha value is -2.96. The van der Waals surface area contributed by atoms with E-state index in [0.29, 0.717) is 28.2 Å². The van der Waals surface area contributed by atoms with Gasteiger partial charge in [-0.1, -0.05) is 6.07 Å². The Morgan fingerprint density at radius 2 is 2.08 bits per heavy atom. The van der Waals surface area contributed by atoms with Crippen molar-refractivity contribution in [1.29, 1.82) is 0 Å². The van der Waals surface area contributed by atoms with E-state index in [9.17, 15) is 13.6 Å². The third-order valence-corrected chi connectivity index (χ3v) is 4.14. The van der Waals surface area contributed by atoms with Gasteiger partial charge in [0.2, 0.25) is 0 Å². The van der Waals surface area contributed by atoms with Gasteiger partial charge in [0.15, 0.2) is 0 Å². The summed E-state index contributed by atoms with van der Waals surface area (Å²) in [6.45, 7) is 0. The van der Waals surface area contributed by atoms with E-state index in [4.69, 9.17) is 4.74 Å². The molecule has 1 unspecified atom stereocenters. The predicted octanol–water partition coefficient (Wildman–Crippen LogP) is 3.18. The standard InChI is InChI=1S/C17H13F2N3O2/c1-24-11-4-2-9(12(19)8-11)6-14-16-20-13-5-3-10(18)7-15(13)22(16)17(23)21-14/h2-5,7-8,14H,6H2,1H3,(H,21,23). The van der Waals surface area contributed by atoms with Crippen molar-refractivity contribution in [1.82, 2.24) is 14.9 Å². The number of hydrogen-bond acceptors (Lipinski definition) is 3. The highest BCUT2D eigenvalue weighted by atomic mass is 19.1. The SMILES string of the molecule is COc1ccc(CC2NC(=O)n3c2nc2ccc(F)cc23)c(F)c1. The number of benzene rings is 2. The van der Waals surface area contributed by atoms with Gasteiger partial charge in [-0.25, -0.2) is 23.1 Å². The summed E-state index contributed by atoms with van der Waals surface area (Å²) in [6.07, 6.45) is 0.243. The molecular formula is C17H13F2N3O2. The average Bonchev–Trinajstić information content (AvgIpc) is 3.07. The Balaban J connectivity index is 1.73. The zero-order valence-electron chi connectivity index (χ0n) is 12.7. The third kappa shape index (κ3) is 2.20. The van der Waals surface area contributed by atoms with Crippen molar-refractivity contribution < 1.29 is 18.3 Å². The van der Waals surface area contributed by atoms with Crippen molar-refractivity contribution in [2.75, 3.05) is 7.11 Å². The fourth-order valence-electron chi connectivity index (χ4n) is 2.98. The highest BCUT2D eigenvalue weighted by Gasteiger charge is 2.32. The number of fused-ring (bicyclic) bond motifs is 3. The van der Waals surface area contributed by atoms with Crippen LogP contribution in [0.1, 0.15) is 17.4 Å².